The summed E-state index contributed by atoms with van der Waals surface area (Å²) in [5.74, 6) is 1.36. The Bertz CT molecular complexity index is 810. The molecule has 1 aromatic heterocycles. The minimum absolute atomic E-state index is 0.0731. The molecule has 6 nitrogen and oxygen atoms in total. The van der Waals surface area contributed by atoms with Crippen molar-refractivity contribution in [3.8, 4) is 5.75 Å². The molecule has 0 unspecified atom stereocenters. The topological polar surface area (TPSA) is 71.7 Å². The molecule has 0 spiro atoms. The third kappa shape index (κ3) is 5.88. The van der Waals surface area contributed by atoms with Crippen LogP contribution in [0.15, 0.2) is 27.7 Å². The molecule has 2 aromatic rings. The van der Waals surface area contributed by atoms with Gasteiger partial charge in [0.1, 0.15) is 11.5 Å². The van der Waals surface area contributed by atoms with Crippen LogP contribution in [0.4, 0.5) is 13.2 Å². The van der Waals surface area contributed by atoms with Gasteiger partial charge < -0.3 is 19.9 Å². The Morgan fingerprint density at radius 3 is 2.52 bits per heavy atom. The molecular formula is C20H27F3N4O2. The van der Waals surface area contributed by atoms with Gasteiger partial charge in [0.2, 0.25) is 0 Å². The maximum absolute atomic E-state index is 13.4. The van der Waals surface area contributed by atoms with Crippen LogP contribution >= 0.6 is 0 Å². The zero-order valence-corrected chi connectivity index (χ0v) is 17.1. The van der Waals surface area contributed by atoms with Crippen LogP contribution in [0.5, 0.6) is 5.75 Å². The average molecular weight is 412 g/mol. The highest BCUT2D eigenvalue weighted by Gasteiger charge is 2.33. The van der Waals surface area contributed by atoms with E-state index in [1.165, 1.54) is 19.2 Å². The number of benzene rings is 1. The van der Waals surface area contributed by atoms with Crippen LogP contribution in [0, 0.1) is 0 Å². The molecule has 9 heteroatoms. The number of aryl methyl sites for hydroxylation is 2. The monoisotopic (exact) mass is 412 g/mol. The Hall–Kier alpha value is -2.71. The average Bonchev–Trinajstić information content (AvgIpc) is 3.11. The fourth-order valence-electron chi connectivity index (χ4n) is 2.90. The van der Waals surface area contributed by atoms with Gasteiger partial charge in [-0.15, -0.1) is 0 Å². The van der Waals surface area contributed by atoms with Gasteiger partial charge in [-0.1, -0.05) is 25.1 Å². The van der Waals surface area contributed by atoms with E-state index in [0.717, 1.165) is 29.5 Å². The molecule has 2 N–H and O–H groups in total. The number of rotatable bonds is 8. The molecule has 0 saturated heterocycles. The number of guanidine groups is 1. The highest BCUT2D eigenvalue weighted by Crippen LogP contribution is 2.34. The van der Waals surface area contributed by atoms with Crippen LogP contribution < -0.4 is 15.4 Å². The molecule has 0 amide bonds. The summed E-state index contributed by atoms with van der Waals surface area (Å²) < 4.78 is 50.4. The number of nitrogens with one attached hydrogen (secondary N) is 2. The summed E-state index contributed by atoms with van der Waals surface area (Å²) in [6.07, 6.45) is -3.05. The van der Waals surface area contributed by atoms with Crippen molar-refractivity contribution in [3.05, 3.63) is 46.3 Å². The summed E-state index contributed by atoms with van der Waals surface area (Å²) >= 11 is 0. The lowest BCUT2D eigenvalue weighted by molar-refractivity contribution is -0.138. The minimum Gasteiger partial charge on any atom is -0.497 e. The molecule has 1 heterocycles. The van der Waals surface area contributed by atoms with Crippen molar-refractivity contribution in [3.63, 3.8) is 0 Å². The van der Waals surface area contributed by atoms with E-state index in [9.17, 15) is 13.2 Å². The summed E-state index contributed by atoms with van der Waals surface area (Å²) in [7, 11) is 1.33. The van der Waals surface area contributed by atoms with E-state index >= 15 is 0 Å². The van der Waals surface area contributed by atoms with Crippen LogP contribution in [0.2, 0.25) is 0 Å². The number of hydrogen-bond acceptors (Lipinski definition) is 4. The first-order valence-corrected chi connectivity index (χ1v) is 9.56. The van der Waals surface area contributed by atoms with Crippen LogP contribution in [0.1, 0.15) is 48.9 Å². The highest BCUT2D eigenvalue weighted by atomic mass is 19.4. The number of halogens is 3. The van der Waals surface area contributed by atoms with Crippen LogP contribution in [-0.2, 0) is 32.1 Å². The van der Waals surface area contributed by atoms with E-state index in [1.54, 1.807) is 0 Å². The minimum atomic E-state index is -4.49. The summed E-state index contributed by atoms with van der Waals surface area (Å²) in [5.41, 5.74) is 1.14. The van der Waals surface area contributed by atoms with Crippen molar-refractivity contribution in [2.24, 2.45) is 4.99 Å². The number of alkyl halides is 3. The smallest absolute Gasteiger partial charge is 0.416 e. The molecule has 0 aliphatic carbocycles. The zero-order valence-electron chi connectivity index (χ0n) is 17.1. The molecule has 29 heavy (non-hydrogen) atoms. The van der Waals surface area contributed by atoms with Crippen molar-refractivity contribution in [2.45, 2.75) is 52.9 Å². The summed E-state index contributed by atoms with van der Waals surface area (Å²) in [5, 5.41) is 10.3. The van der Waals surface area contributed by atoms with E-state index in [4.69, 9.17) is 9.26 Å². The molecule has 0 fully saturated rings. The summed E-state index contributed by atoms with van der Waals surface area (Å²) in [6.45, 7) is 6.73. The van der Waals surface area contributed by atoms with Crippen molar-refractivity contribution in [2.75, 3.05) is 13.7 Å². The second-order valence-electron chi connectivity index (χ2n) is 6.31. The third-order valence-electron chi connectivity index (χ3n) is 4.41. The lowest BCUT2D eigenvalue weighted by Gasteiger charge is -2.15. The fraction of sp³-hybridized carbons (Fsp3) is 0.500. The molecule has 1 aromatic carbocycles. The largest absolute Gasteiger partial charge is 0.497 e. The molecule has 0 aliphatic heterocycles. The number of ether oxygens (including phenoxy) is 1. The van der Waals surface area contributed by atoms with E-state index in [2.05, 4.69) is 20.8 Å². The summed E-state index contributed by atoms with van der Waals surface area (Å²) in [6, 6.07) is 3.88. The molecule has 2 rings (SSSR count). The lowest BCUT2D eigenvalue weighted by Crippen LogP contribution is -2.37. The number of methoxy groups -OCH3 is 1. The van der Waals surface area contributed by atoms with Gasteiger partial charge in [-0.2, -0.15) is 13.2 Å². The third-order valence-corrected chi connectivity index (χ3v) is 4.41. The first-order chi connectivity index (χ1) is 13.8. The van der Waals surface area contributed by atoms with E-state index in [1.807, 2.05) is 20.8 Å². The Morgan fingerprint density at radius 2 is 1.93 bits per heavy atom. The Kier molecular flexibility index (Phi) is 7.92. The molecule has 0 atom stereocenters. The maximum atomic E-state index is 13.4. The molecule has 0 radical (unpaired) electrons. The normalized spacial score (nSPS) is 12.2. The molecule has 0 bridgehead atoms. The first-order valence-electron chi connectivity index (χ1n) is 9.56. The van der Waals surface area contributed by atoms with Gasteiger partial charge >= 0.3 is 6.18 Å². The van der Waals surface area contributed by atoms with Crippen molar-refractivity contribution in [1.29, 1.82) is 0 Å². The van der Waals surface area contributed by atoms with Crippen LogP contribution in [0.25, 0.3) is 0 Å². The zero-order chi connectivity index (χ0) is 21.4. The second-order valence-corrected chi connectivity index (χ2v) is 6.31. The van der Waals surface area contributed by atoms with Gasteiger partial charge in [0, 0.05) is 25.1 Å². The highest BCUT2D eigenvalue weighted by molar-refractivity contribution is 5.79. The maximum Gasteiger partial charge on any atom is 0.416 e. The van der Waals surface area contributed by atoms with Gasteiger partial charge in [0.05, 0.1) is 24.9 Å². The quantitative estimate of drug-likeness (QED) is 0.505. The number of aliphatic imine (C=N–C) groups is 1. The predicted octanol–water partition coefficient (Wildman–Crippen LogP) is 4.08. The molecule has 160 valence electrons. The molecular weight excluding hydrogens is 385 g/mol. The van der Waals surface area contributed by atoms with E-state index < -0.39 is 11.7 Å². The Balaban J connectivity index is 2.21. The number of hydrogen-bond donors (Lipinski definition) is 2. The van der Waals surface area contributed by atoms with Gasteiger partial charge in [-0.25, -0.2) is 4.99 Å². The van der Waals surface area contributed by atoms with Gasteiger partial charge in [-0.3, -0.25) is 0 Å². The standard InChI is InChI=1S/C20H27F3N4O2/c1-5-17-15(18(6-2)29-27-17)12-26-19(24-7-3)25-11-13-8-9-14(28-4)10-16(13)20(21,22)23/h8-10H,5-7,11-12H2,1-4H3,(H2,24,25,26). The number of aromatic nitrogens is 1. The SMILES string of the molecule is CCNC(=NCc1ccc(OC)cc1C(F)(F)F)NCc1c(CC)noc1CC. The predicted molar refractivity (Wildman–Crippen MR) is 105 cm³/mol. The lowest BCUT2D eigenvalue weighted by atomic mass is 10.1. The first kappa shape index (κ1) is 22.6. The number of nitrogens with zero attached hydrogens (tertiary/aromatic N) is 2. The Labute approximate surface area is 168 Å². The molecule has 0 saturated carbocycles. The van der Waals surface area contributed by atoms with Gasteiger partial charge in [-0.05, 0) is 31.0 Å². The summed E-state index contributed by atoms with van der Waals surface area (Å²) in [4.78, 5) is 4.33. The Morgan fingerprint density at radius 1 is 1.17 bits per heavy atom. The van der Waals surface area contributed by atoms with E-state index in [0.29, 0.717) is 25.5 Å². The van der Waals surface area contributed by atoms with Gasteiger partial charge in [0.25, 0.3) is 0 Å². The van der Waals surface area contributed by atoms with Crippen LogP contribution in [-0.4, -0.2) is 24.8 Å². The van der Waals surface area contributed by atoms with Gasteiger partial charge in [0.15, 0.2) is 5.96 Å². The van der Waals surface area contributed by atoms with Crippen molar-refractivity contribution < 1.29 is 22.4 Å². The fourth-order valence-corrected chi connectivity index (χ4v) is 2.90. The second kappa shape index (κ2) is 10.2. The van der Waals surface area contributed by atoms with Crippen molar-refractivity contribution >= 4 is 5.96 Å². The molecule has 0 aliphatic rings. The van der Waals surface area contributed by atoms with Crippen LogP contribution in [0.3, 0.4) is 0 Å². The van der Waals surface area contributed by atoms with E-state index in [-0.39, 0.29) is 17.9 Å². The van der Waals surface area contributed by atoms with Crippen molar-refractivity contribution in [1.82, 2.24) is 15.8 Å².